The zero-order chi connectivity index (χ0) is 21.0. The summed E-state index contributed by atoms with van der Waals surface area (Å²) in [6, 6.07) is 11.9. The number of fused-ring (bicyclic) bond motifs is 1. The molecule has 1 unspecified atom stereocenters. The highest BCUT2D eigenvalue weighted by Gasteiger charge is 2.22. The number of benzene rings is 1. The molecule has 1 amide bonds. The van der Waals surface area contributed by atoms with Gasteiger partial charge in [0.15, 0.2) is 5.13 Å². The van der Waals surface area contributed by atoms with E-state index in [0.717, 1.165) is 27.9 Å². The first-order valence-corrected chi connectivity index (χ1v) is 11.3. The lowest BCUT2D eigenvalue weighted by atomic mass is 10.1. The summed E-state index contributed by atoms with van der Waals surface area (Å²) >= 11 is 2.82. The molecule has 0 aliphatic rings. The molecule has 2 heterocycles. The molecule has 0 spiro atoms. The van der Waals surface area contributed by atoms with Crippen LogP contribution >= 0.6 is 23.1 Å². The first-order valence-electron chi connectivity index (χ1n) is 9.64. The molecule has 1 aromatic carbocycles. The fraction of sp³-hybridized carbons (Fsp3) is 0.364. The van der Waals surface area contributed by atoms with Gasteiger partial charge in [-0.15, -0.1) is 0 Å². The minimum absolute atomic E-state index is 0.117. The Bertz CT molecular complexity index is 1070. The van der Waals surface area contributed by atoms with Crippen molar-refractivity contribution in [2.75, 3.05) is 5.32 Å². The average molecular weight is 425 g/mol. The first-order chi connectivity index (χ1) is 13.9. The predicted octanol–water partition coefficient (Wildman–Crippen LogP) is 5.58. The predicted molar refractivity (Wildman–Crippen MR) is 120 cm³/mol. The van der Waals surface area contributed by atoms with Gasteiger partial charge in [-0.25, -0.2) is 9.97 Å². The third-order valence-electron chi connectivity index (χ3n) is 4.35. The van der Waals surface area contributed by atoms with Gasteiger partial charge in [0.25, 0.3) is 0 Å². The molecule has 1 N–H and O–H groups in total. The second kappa shape index (κ2) is 9.38. The molecule has 3 rings (SSSR count). The fourth-order valence-electron chi connectivity index (χ4n) is 2.91. The monoisotopic (exact) mass is 424 g/mol. The van der Waals surface area contributed by atoms with E-state index in [2.05, 4.69) is 41.3 Å². The first kappa shape index (κ1) is 21.3. The van der Waals surface area contributed by atoms with Crippen molar-refractivity contribution < 1.29 is 4.79 Å². The topological polar surface area (TPSA) is 78.7 Å². The molecule has 2 aromatic heterocycles. The second-order valence-electron chi connectivity index (χ2n) is 7.36. The lowest BCUT2D eigenvalue weighted by Crippen LogP contribution is -2.24. The van der Waals surface area contributed by atoms with Crippen LogP contribution in [0.4, 0.5) is 5.13 Å². The van der Waals surface area contributed by atoms with E-state index in [9.17, 15) is 10.1 Å². The molecule has 0 aliphatic heterocycles. The van der Waals surface area contributed by atoms with E-state index < -0.39 is 0 Å². The Hall–Kier alpha value is -2.43. The van der Waals surface area contributed by atoms with E-state index in [0.29, 0.717) is 28.1 Å². The van der Waals surface area contributed by atoms with Crippen molar-refractivity contribution in [1.82, 2.24) is 9.97 Å². The quantitative estimate of drug-likeness (QED) is 0.501. The third kappa shape index (κ3) is 5.34. The summed E-state index contributed by atoms with van der Waals surface area (Å²) in [6.45, 7) is 8.26. The van der Waals surface area contributed by atoms with E-state index >= 15 is 0 Å². The molecule has 0 bridgehead atoms. The number of pyridine rings is 1. The normalized spacial score (nSPS) is 12.1. The maximum absolute atomic E-state index is 12.9. The van der Waals surface area contributed by atoms with Gasteiger partial charge in [-0.05, 0) is 55.5 Å². The van der Waals surface area contributed by atoms with Gasteiger partial charge in [0, 0.05) is 5.69 Å². The fourth-order valence-corrected chi connectivity index (χ4v) is 4.89. The number of nitriles is 1. The van der Waals surface area contributed by atoms with Crippen molar-refractivity contribution in [3.8, 4) is 6.07 Å². The minimum atomic E-state index is -0.349. The molecular weight excluding hydrogens is 400 g/mol. The number of nitrogens with zero attached hydrogens (tertiary/aromatic N) is 3. The van der Waals surface area contributed by atoms with Gasteiger partial charge < -0.3 is 5.32 Å². The van der Waals surface area contributed by atoms with Crippen molar-refractivity contribution in [3.63, 3.8) is 0 Å². The number of anilines is 1. The molecule has 150 valence electrons. The number of amides is 1. The molecule has 3 aromatic rings. The number of aryl methyl sites for hydroxylation is 1. The van der Waals surface area contributed by atoms with Gasteiger partial charge in [-0.2, -0.15) is 5.26 Å². The lowest BCUT2D eigenvalue weighted by Gasteiger charge is -2.15. The van der Waals surface area contributed by atoms with Crippen LogP contribution in [0.3, 0.4) is 0 Å². The van der Waals surface area contributed by atoms with Crippen LogP contribution in [0.15, 0.2) is 35.4 Å². The number of carbonyl (C=O) groups excluding carboxylic acids is 1. The highest BCUT2D eigenvalue weighted by Crippen LogP contribution is 2.30. The summed E-state index contributed by atoms with van der Waals surface area (Å²) in [7, 11) is 0. The Morgan fingerprint density at radius 3 is 2.76 bits per heavy atom. The highest BCUT2D eigenvalue weighted by atomic mass is 32.2. The molecule has 0 fully saturated rings. The van der Waals surface area contributed by atoms with E-state index in [4.69, 9.17) is 0 Å². The van der Waals surface area contributed by atoms with Gasteiger partial charge in [-0.1, -0.05) is 49.9 Å². The molecule has 0 aliphatic carbocycles. The maximum atomic E-state index is 12.9. The summed E-state index contributed by atoms with van der Waals surface area (Å²) in [6.07, 6.45) is 1.47. The Morgan fingerprint density at radius 1 is 1.28 bits per heavy atom. The van der Waals surface area contributed by atoms with Crippen LogP contribution in [0, 0.1) is 24.2 Å². The van der Waals surface area contributed by atoms with Crippen LogP contribution in [0.1, 0.15) is 44.0 Å². The van der Waals surface area contributed by atoms with E-state index in [-0.39, 0.29) is 11.2 Å². The van der Waals surface area contributed by atoms with Gasteiger partial charge in [0.2, 0.25) is 5.91 Å². The van der Waals surface area contributed by atoms with Crippen LogP contribution in [-0.4, -0.2) is 21.1 Å². The summed E-state index contributed by atoms with van der Waals surface area (Å²) < 4.78 is 1.05. The number of carbonyl (C=O) groups is 1. The summed E-state index contributed by atoms with van der Waals surface area (Å²) in [5, 5.41) is 13.2. The molecule has 0 radical (unpaired) electrons. The van der Waals surface area contributed by atoms with Crippen LogP contribution < -0.4 is 5.32 Å². The maximum Gasteiger partial charge on any atom is 0.239 e. The van der Waals surface area contributed by atoms with Crippen molar-refractivity contribution in [3.05, 3.63) is 47.2 Å². The van der Waals surface area contributed by atoms with Gasteiger partial charge in [0.05, 0.1) is 21.0 Å². The van der Waals surface area contributed by atoms with Crippen LogP contribution in [0.5, 0.6) is 0 Å². The molecule has 7 heteroatoms. The number of thioether (sulfide) groups is 1. The Morgan fingerprint density at radius 2 is 2.07 bits per heavy atom. The number of hydrogen-bond acceptors (Lipinski definition) is 6. The third-order valence-corrected chi connectivity index (χ3v) is 6.65. The standard InChI is InChI=1S/C22H24N4OS2/c1-5-18(28-21-15(12-23)7-8-16(24-21)10-13(2)3)20(27)26-22-25-17-9-6-14(4)11-19(17)29-22/h6-9,11,13,18H,5,10H2,1-4H3,(H,25,26,27). The van der Waals surface area contributed by atoms with E-state index in [1.807, 2.05) is 32.0 Å². The Kier molecular flexibility index (Phi) is 6.88. The summed E-state index contributed by atoms with van der Waals surface area (Å²) in [4.78, 5) is 22.0. The minimum Gasteiger partial charge on any atom is -0.301 e. The number of nitrogens with one attached hydrogen (secondary N) is 1. The van der Waals surface area contributed by atoms with Crippen LogP contribution in [0.25, 0.3) is 10.2 Å². The summed E-state index contributed by atoms with van der Waals surface area (Å²) in [5.41, 5.74) is 3.49. The molecule has 0 saturated heterocycles. The number of aromatic nitrogens is 2. The van der Waals surface area contributed by atoms with Gasteiger partial charge >= 0.3 is 0 Å². The molecule has 5 nitrogen and oxygen atoms in total. The van der Waals surface area contributed by atoms with Crippen molar-refractivity contribution in [1.29, 1.82) is 5.26 Å². The van der Waals surface area contributed by atoms with Crippen molar-refractivity contribution >= 4 is 44.4 Å². The largest absolute Gasteiger partial charge is 0.301 e. The highest BCUT2D eigenvalue weighted by molar-refractivity contribution is 8.00. The van der Waals surface area contributed by atoms with Gasteiger partial charge in [-0.3, -0.25) is 4.79 Å². The SMILES string of the molecule is CCC(Sc1nc(CC(C)C)ccc1C#N)C(=O)Nc1nc2ccc(C)cc2s1. The molecule has 0 saturated carbocycles. The van der Waals surface area contributed by atoms with Crippen LogP contribution in [-0.2, 0) is 11.2 Å². The van der Waals surface area contributed by atoms with Crippen molar-refractivity contribution in [2.45, 2.75) is 50.8 Å². The van der Waals surface area contributed by atoms with Gasteiger partial charge in [0.1, 0.15) is 11.1 Å². The molecular formula is C22H24N4OS2. The zero-order valence-corrected chi connectivity index (χ0v) is 18.7. The van der Waals surface area contributed by atoms with E-state index in [1.54, 1.807) is 6.07 Å². The zero-order valence-electron chi connectivity index (χ0n) is 17.0. The lowest BCUT2D eigenvalue weighted by molar-refractivity contribution is -0.115. The van der Waals surface area contributed by atoms with E-state index in [1.165, 1.54) is 23.1 Å². The second-order valence-corrected chi connectivity index (χ2v) is 9.58. The number of hydrogen-bond donors (Lipinski definition) is 1. The number of thiazole rings is 1. The number of rotatable bonds is 7. The molecule has 29 heavy (non-hydrogen) atoms. The Balaban J connectivity index is 1.78. The summed E-state index contributed by atoms with van der Waals surface area (Å²) in [5.74, 6) is 0.356. The smallest absolute Gasteiger partial charge is 0.239 e. The average Bonchev–Trinajstić information content (AvgIpc) is 3.06. The molecule has 1 atom stereocenters. The Labute approximate surface area is 179 Å². The van der Waals surface area contributed by atoms with Crippen LogP contribution in [0.2, 0.25) is 0 Å². The van der Waals surface area contributed by atoms with Crippen molar-refractivity contribution in [2.24, 2.45) is 5.92 Å².